The Balaban J connectivity index is 1.73. The quantitative estimate of drug-likeness (QED) is 0.567. The number of hydrogen-bond acceptors (Lipinski definition) is 4. The standard InChI is InChI=1S/C17H20N2O3S/c1-2-10-19(13-14-6-5-12-23-14)16(20)8-3-9-18-17(21)15-7-4-11-22-15/h2,4-7,11-12H,1,3,8-10,13H2,(H,18,21). The number of carbonyl (C=O) groups excluding carboxylic acids is 2. The lowest BCUT2D eigenvalue weighted by molar-refractivity contribution is -0.131. The second kappa shape index (κ2) is 8.95. The SMILES string of the molecule is C=CCN(Cc1cccs1)C(=O)CCCNC(=O)c1ccco1. The number of nitrogens with one attached hydrogen (secondary N) is 1. The van der Waals surface area contributed by atoms with Gasteiger partial charge in [-0.25, -0.2) is 0 Å². The third-order valence-corrected chi connectivity index (χ3v) is 4.09. The van der Waals surface area contributed by atoms with Crippen LogP contribution in [0.15, 0.2) is 53.0 Å². The molecule has 0 saturated heterocycles. The lowest BCUT2D eigenvalue weighted by Gasteiger charge is -2.20. The van der Waals surface area contributed by atoms with E-state index in [9.17, 15) is 9.59 Å². The van der Waals surface area contributed by atoms with Crippen LogP contribution >= 0.6 is 11.3 Å². The summed E-state index contributed by atoms with van der Waals surface area (Å²) in [7, 11) is 0. The van der Waals surface area contributed by atoms with Crippen molar-refractivity contribution in [2.24, 2.45) is 0 Å². The van der Waals surface area contributed by atoms with Gasteiger partial charge in [0.1, 0.15) is 0 Å². The van der Waals surface area contributed by atoms with Crippen molar-refractivity contribution in [3.63, 3.8) is 0 Å². The molecule has 2 aromatic rings. The first-order chi connectivity index (χ1) is 11.2. The Labute approximate surface area is 139 Å². The van der Waals surface area contributed by atoms with Crippen molar-refractivity contribution in [1.82, 2.24) is 10.2 Å². The summed E-state index contributed by atoms with van der Waals surface area (Å²) >= 11 is 1.63. The molecule has 2 aromatic heterocycles. The number of furan rings is 1. The Kier molecular flexibility index (Phi) is 6.62. The first-order valence-corrected chi connectivity index (χ1v) is 8.31. The highest BCUT2D eigenvalue weighted by Crippen LogP contribution is 2.13. The molecule has 2 rings (SSSR count). The van der Waals surface area contributed by atoms with Crippen molar-refractivity contribution in [3.05, 3.63) is 59.2 Å². The molecule has 6 heteroatoms. The van der Waals surface area contributed by atoms with E-state index in [4.69, 9.17) is 4.42 Å². The maximum atomic E-state index is 12.3. The number of carbonyl (C=O) groups is 2. The van der Waals surface area contributed by atoms with Crippen LogP contribution in [0.5, 0.6) is 0 Å². The van der Waals surface area contributed by atoms with Crippen LogP contribution in [-0.2, 0) is 11.3 Å². The van der Waals surface area contributed by atoms with Gasteiger partial charge in [-0.3, -0.25) is 9.59 Å². The smallest absolute Gasteiger partial charge is 0.286 e. The van der Waals surface area contributed by atoms with E-state index in [-0.39, 0.29) is 17.6 Å². The van der Waals surface area contributed by atoms with Crippen LogP contribution in [0.1, 0.15) is 28.3 Å². The maximum Gasteiger partial charge on any atom is 0.286 e. The molecule has 122 valence electrons. The Morgan fingerprint density at radius 1 is 1.35 bits per heavy atom. The normalized spacial score (nSPS) is 10.3. The molecule has 0 unspecified atom stereocenters. The fourth-order valence-corrected chi connectivity index (χ4v) is 2.81. The highest BCUT2D eigenvalue weighted by Gasteiger charge is 2.13. The Morgan fingerprint density at radius 2 is 2.22 bits per heavy atom. The Hall–Kier alpha value is -2.34. The van der Waals surface area contributed by atoms with Gasteiger partial charge in [0, 0.05) is 24.4 Å². The lowest BCUT2D eigenvalue weighted by atomic mass is 10.2. The largest absolute Gasteiger partial charge is 0.459 e. The fraction of sp³-hybridized carbons (Fsp3) is 0.294. The summed E-state index contributed by atoms with van der Waals surface area (Å²) in [5.41, 5.74) is 0. The molecular weight excluding hydrogens is 312 g/mol. The molecule has 1 N–H and O–H groups in total. The van der Waals surface area contributed by atoms with E-state index in [0.717, 1.165) is 4.88 Å². The number of amides is 2. The van der Waals surface area contributed by atoms with Crippen LogP contribution in [0, 0.1) is 0 Å². The molecule has 0 saturated carbocycles. The molecule has 0 atom stereocenters. The van der Waals surface area contributed by atoms with Gasteiger partial charge in [-0.1, -0.05) is 12.1 Å². The third-order valence-electron chi connectivity index (χ3n) is 3.23. The van der Waals surface area contributed by atoms with Crippen molar-refractivity contribution in [1.29, 1.82) is 0 Å². The van der Waals surface area contributed by atoms with Gasteiger partial charge >= 0.3 is 0 Å². The van der Waals surface area contributed by atoms with Gasteiger partial charge in [-0.15, -0.1) is 17.9 Å². The van der Waals surface area contributed by atoms with E-state index < -0.39 is 0 Å². The van der Waals surface area contributed by atoms with E-state index in [0.29, 0.717) is 32.5 Å². The van der Waals surface area contributed by atoms with Crippen molar-refractivity contribution in [2.75, 3.05) is 13.1 Å². The lowest BCUT2D eigenvalue weighted by Crippen LogP contribution is -2.31. The molecule has 0 aliphatic carbocycles. The summed E-state index contributed by atoms with van der Waals surface area (Å²) in [5.74, 6) is 0.0804. The first kappa shape index (κ1) is 17.0. The van der Waals surface area contributed by atoms with Crippen LogP contribution in [0.3, 0.4) is 0 Å². The molecular formula is C17H20N2O3S. The average Bonchev–Trinajstić information content (AvgIpc) is 3.23. The first-order valence-electron chi connectivity index (χ1n) is 7.43. The van der Waals surface area contributed by atoms with Gasteiger partial charge < -0.3 is 14.6 Å². The van der Waals surface area contributed by atoms with Crippen molar-refractivity contribution in [2.45, 2.75) is 19.4 Å². The summed E-state index contributed by atoms with van der Waals surface area (Å²) in [4.78, 5) is 26.9. The minimum Gasteiger partial charge on any atom is -0.459 e. The maximum absolute atomic E-state index is 12.3. The molecule has 0 aliphatic rings. The van der Waals surface area contributed by atoms with Gasteiger partial charge in [0.25, 0.3) is 5.91 Å². The minimum absolute atomic E-state index is 0.0607. The highest BCUT2D eigenvalue weighted by molar-refractivity contribution is 7.09. The van der Waals surface area contributed by atoms with Crippen LogP contribution in [0.2, 0.25) is 0 Å². The van der Waals surface area contributed by atoms with Crippen LogP contribution < -0.4 is 5.32 Å². The zero-order valence-electron chi connectivity index (χ0n) is 12.9. The highest BCUT2D eigenvalue weighted by atomic mass is 32.1. The molecule has 0 aromatic carbocycles. The predicted molar refractivity (Wildman–Crippen MR) is 90.2 cm³/mol. The molecule has 2 amide bonds. The molecule has 0 fully saturated rings. The van der Waals surface area contributed by atoms with E-state index in [1.165, 1.54) is 6.26 Å². The average molecular weight is 332 g/mol. The van der Waals surface area contributed by atoms with Crippen LogP contribution in [0.4, 0.5) is 0 Å². The molecule has 0 spiro atoms. The summed E-state index contributed by atoms with van der Waals surface area (Å²) in [6.07, 6.45) is 4.15. The van der Waals surface area contributed by atoms with Crippen LogP contribution in [-0.4, -0.2) is 29.8 Å². The number of nitrogens with zero attached hydrogens (tertiary/aromatic N) is 1. The molecule has 0 aliphatic heterocycles. The van der Waals surface area contributed by atoms with Gasteiger partial charge in [0.15, 0.2) is 5.76 Å². The zero-order valence-corrected chi connectivity index (χ0v) is 13.7. The van der Waals surface area contributed by atoms with E-state index in [2.05, 4.69) is 11.9 Å². The fourth-order valence-electron chi connectivity index (χ4n) is 2.10. The van der Waals surface area contributed by atoms with Gasteiger partial charge in [0.2, 0.25) is 5.91 Å². The second-order valence-electron chi connectivity index (χ2n) is 4.98. The number of rotatable bonds is 9. The topological polar surface area (TPSA) is 62.6 Å². The molecule has 0 radical (unpaired) electrons. The Bertz CT molecular complexity index is 620. The van der Waals surface area contributed by atoms with E-state index >= 15 is 0 Å². The zero-order chi connectivity index (χ0) is 16.5. The monoisotopic (exact) mass is 332 g/mol. The van der Waals surface area contributed by atoms with Crippen molar-refractivity contribution >= 4 is 23.2 Å². The van der Waals surface area contributed by atoms with Gasteiger partial charge in [0.05, 0.1) is 12.8 Å². The van der Waals surface area contributed by atoms with Crippen LogP contribution in [0.25, 0.3) is 0 Å². The second-order valence-corrected chi connectivity index (χ2v) is 6.01. The summed E-state index contributed by atoms with van der Waals surface area (Å²) in [6, 6.07) is 7.25. The molecule has 2 heterocycles. The van der Waals surface area contributed by atoms with Crippen molar-refractivity contribution in [3.8, 4) is 0 Å². The third kappa shape index (κ3) is 5.41. The number of thiophene rings is 1. The molecule has 23 heavy (non-hydrogen) atoms. The minimum atomic E-state index is -0.260. The predicted octanol–water partition coefficient (Wildman–Crippen LogP) is 3.07. The summed E-state index contributed by atoms with van der Waals surface area (Å²) in [6.45, 7) is 5.26. The number of hydrogen-bond donors (Lipinski definition) is 1. The summed E-state index contributed by atoms with van der Waals surface area (Å²) < 4.78 is 5.01. The van der Waals surface area contributed by atoms with Crippen molar-refractivity contribution < 1.29 is 14.0 Å². The molecule has 0 bridgehead atoms. The van der Waals surface area contributed by atoms with E-state index in [1.54, 1.807) is 34.4 Å². The Morgan fingerprint density at radius 3 is 2.87 bits per heavy atom. The van der Waals surface area contributed by atoms with E-state index in [1.807, 2.05) is 17.5 Å². The van der Waals surface area contributed by atoms with Gasteiger partial charge in [-0.05, 0) is 30.0 Å². The summed E-state index contributed by atoms with van der Waals surface area (Å²) in [5, 5.41) is 4.73. The molecule has 5 nitrogen and oxygen atoms in total. The van der Waals surface area contributed by atoms with Gasteiger partial charge in [-0.2, -0.15) is 0 Å².